The smallest absolute Gasteiger partial charge is 0.320 e. The third-order valence-electron chi connectivity index (χ3n) is 11.2. The first kappa shape index (κ1) is 39.7. The van der Waals surface area contributed by atoms with E-state index in [2.05, 4.69) is 75.6 Å². The Morgan fingerprint density at radius 3 is 2.56 bits per heavy atom. The molecule has 304 valence electrons. The number of amides is 2. The van der Waals surface area contributed by atoms with E-state index < -0.39 is 0 Å². The largest absolute Gasteiger partial charge is 0.484 e. The van der Waals surface area contributed by atoms with Crippen molar-refractivity contribution in [2.75, 3.05) is 43.5 Å². The molecule has 16 heteroatoms. The zero-order valence-corrected chi connectivity index (χ0v) is 33.5. The summed E-state index contributed by atoms with van der Waals surface area (Å²) in [5.41, 5.74) is 4.38. The Morgan fingerprint density at radius 2 is 1.81 bits per heavy atom. The number of urea groups is 1. The number of piperidine rings is 1. The van der Waals surface area contributed by atoms with E-state index in [4.69, 9.17) is 24.5 Å². The lowest BCUT2D eigenvalue weighted by Gasteiger charge is -2.33. The Balaban J connectivity index is 0.00000160. The van der Waals surface area contributed by atoms with Crippen LogP contribution in [-0.2, 0) is 21.5 Å². The molecule has 16 nitrogen and oxygen atoms in total. The fourth-order valence-corrected chi connectivity index (χ4v) is 8.07. The van der Waals surface area contributed by atoms with E-state index >= 15 is 0 Å². The van der Waals surface area contributed by atoms with Gasteiger partial charge in [0.25, 0.3) is 6.47 Å². The van der Waals surface area contributed by atoms with Crippen molar-refractivity contribution in [1.82, 2.24) is 44.4 Å². The Labute approximate surface area is 333 Å². The number of ether oxygens (including phenoxy) is 2. The molecule has 0 bridgehead atoms. The zero-order chi connectivity index (χ0) is 40.1. The number of hydrogen-bond acceptors (Lipinski definition) is 10. The van der Waals surface area contributed by atoms with Crippen LogP contribution in [0.1, 0.15) is 95.2 Å². The average Bonchev–Trinajstić information content (AvgIpc) is 4.02. The van der Waals surface area contributed by atoms with Crippen LogP contribution in [0, 0.1) is 0 Å². The molecule has 2 fully saturated rings. The molecule has 5 aromatic rings. The van der Waals surface area contributed by atoms with Crippen molar-refractivity contribution >= 4 is 29.9 Å². The molecule has 0 radical (unpaired) electrons. The number of carbonyl (C=O) groups excluding carboxylic acids is 1. The molecule has 8 rings (SSSR count). The summed E-state index contributed by atoms with van der Waals surface area (Å²) >= 11 is 0. The second-order valence-corrected chi connectivity index (χ2v) is 16.2. The SMILES string of the molecule is COC1CCN(CCn2cc(-n3nc(C(C)(C)C)cc3NC(=O)NC3CCC(Oc4ccc5nnc(N6CCCCC6C)n5c4)c4ccccc43)cn2)C1.O=CO. The van der Waals surface area contributed by atoms with Gasteiger partial charge in [-0.05, 0) is 68.7 Å². The normalized spacial score (nSPS) is 21.1. The fourth-order valence-electron chi connectivity index (χ4n) is 8.07. The van der Waals surface area contributed by atoms with Crippen LogP contribution >= 0.6 is 0 Å². The van der Waals surface area contributed by atoms with Gasteiger partial charge in [-0.15, -0.1) is 10.2 Å². The van der Waals surface area contributed by atoms with E-state index in [0.29, 0.717) is 18.0 Å². The number of hydrogen-bond donors (Lipinski definition) is 3. The molecule has 4 aromatic heterocycles. The first-order valence-corrected chi connectivity index (χ1v) is 20.0. The number of carboxylic acid groups (broad SMARTS) is 1. The second-order valence-electron chi connectivity index (χ2n) is 16.2. The van der Waals surface area contributed by atoms with Crippen LogP contribution in [0.4, 0.5) is 16.6 Å². The number of carbonyl (C=O) groups is 2. The molecule has 0 spiro atoms. The van der Waals surface area contributed by atoms with Gasteiger partial charge in [0.05, 0.1) is 43.0 Å². The molecule has 4 unspecified atom stereocenters. The summed E-state index contributed by atoms with van der Waals surface area (Å²) in [7, 11) is 1.78. The van der Waals surface area contributed by atoms with Gasteiger partial charge in [-0.25, -0.2) is 9.48 Å². The van der Waals surface area contributed by atoms with Crippen LogP contribution in [0.25, 0.3) is 11.3 Å². The van der Waals surface area contributed by atoms with E-state index in [-0.39, 0.29) is 30.1 Å². The van der Waals surface area contributed by atoms with Gasteiger partial charge in [-0.3, -0.25) is 24.1 Å². The van der Waals surface area contributed by atoms with Gasteiger partial charge in [0, 0.05) is 50.8 Å². The van der Waals surface area contributed by atoms with Crippen molar-refractivity contribution in [3.63, 3.8) is 0 Å². The summed E-state index contributed by atoms with van der Waals surface area (Å²) in [6, 6.07) is 14.1. The maximum Gasteiger partial charge on any atom is 0.320 e. The molecule has 3 N–H and O–H groups in total. The molecule has 1 aromatic carbocycles. The number of benzene rings is 1. The maximum atomic E-state index is 13.7. The van der Waals surface area contributed by atoms with E-state index in [9.17, 15) is 4.79 Å². The Morgan fingerprint density at radius 1 is 1.00 bits per heavy atom. The molecule has 3 aliphatic rings. The van der Waals surface area contributed by atoms with Crippen molar-refractivity contribution in [3.05, 3.63) is 77.9 Å². The molecule has 4 atom stereocenters. The summed E-state index contributed by atoms with van der Waals surface area (Å²) in [5, 5.41) is 31.8. The minimum Gasteiger partial charge on any atom is -0.484 e. The first-order chi connectivity index (χ1) is 27.5. The van der Waals surface area contributed by atoms with Crippen LogP contribution < -0.4 is 20.3 Å². The predicted molar refractivity (Wildman–Crippen MR) is 216 cm³/mol. The van der Waals surface area contributed by atoms with E-state index in [0.717, 1.165) is 105 Å². The van der Waals surface area contributed by atoms with Crippen LogP contribution in [0.15, 0.2) is 61.1 Å². The van der Waals surface area contributed by atoms with Crippen molar-refractivity contribution < 1.29 is 24.2 Å². The number of nitrogens with one attached hydrogen (secondary N) is 2. The third-order valence-corrected chi connectivity index (χ3v) is 11.2. The molecule has 2 amide bonds. The Hall–Kier alpha value is -5.48. The first-order valence-electron chi connectivity index (χ1n) is 20.0. The van der Waals surface area contributed by atoms with Crippen molar-refractivity contribution in [3.8, 4) is 11.4 Å². The fraction of sp³-hybridized carbons (Fsp3) is 0.512. The maximum absolute atomic E-state index is 13.7. The van der Waals surface area contributed by atoms with Gasteiger partial charge in [-0.2, -0.15) is 10.2 Å². The number of fused-ring (bicyclic) bond motifs is 2. The summed E-state index contributed by atoms with van der Waals surface area (Å²) in [5.74, 6) is 2.22. The minimum atomic E-state index is -0.289. The number of nitrogens with zero attached hydrogens (tertiary/aromatic N) is 9. The zero-order valence-electron chi connectivity index (χ0n) is 33.5. The highest BCUT2D eigenvalue weighted by atomic mass is 16.5. The van der Waals surface area contributed by atoms with Crippen molar-refractivity contribution in [2.45, 2.75) is 102 Å². The number of rotatable bonds is 10. The third kappa shape index (κ3) is 9.07. The van der Waals surface area contributed by atoms with Crippen LogP contribution in [0.3, 0.4) is 0 Å². The highest BCUT2D eigenvalue weighted by Crippen LogP contribution is 2.39. The molecule has 2 aliphatic heterocycles. The summed E-state index contributed by atoms with van der Waals surface area (Å²) in [4.78, 5) is 26.9. The molecule has 6 heterocycles. The number of methoxy groups -OCH3 is 1. The Bertz CT molecular complexity index is 2140. The number of likely N-dealkylation sites (tertiary alicyclic amines) is 1. The van der Waals surface area contributed by atoms with Crippen LogP contribution in [-0.4, -0.2) is 102 Å². The second kappa shape index (κ2) is 17.3. The summed E-state index contributed by atoms with van der Waals surface area (Å²) in [6.45, 7) is 13.0. The number of pyridine rings is 1. The van der Waals surface area contributed by atoms with Gasteiger partial charge in [0.15, 0.2) is 5.65 Å². The molecule has 57 heavy (non-hydrogen) atoms. The molecule has 0 saturated carbocycles. The highest BCUT2D eigenvalue weighted by Gasteiger charge is 2.31. The van der Waals surface area contributed by atoms with E-state index in [1.165, 1.54) is 6.42 Å². The summed E-state index contributed by atoms with van der Waals surface area (Å²) in [6.07, 6.45) is 12.0. The lowest BCUT2D eigenvalue weighted by atomic mass is 9.85. The van der Waals surface area contributed by atoms with Gasteiger partial charge in [0.2, 0.25) is 5.95 Å². The molecule has 2 saturated heterocycles. The van der Waals surface area contributed by atoms with E-state index in [1.54, 1.807) is 18.0 Å². The number of aromatic nitrogens is 7. The lowest BCUT2D eigenvalue weighted by Crippen LogP contribution is -2.38. The monoisotopic (exact) mass is 781 g/mol. The van der Waals surface area contributed by atoms with Crippen molar-refractivity contribution in [1.29, 1.82) is 0 Å². The standard InChI is InChI=1S/C40H53N11O3.CH2O2/c1-27-10-8-9-18-49(27)39-45-44-36-16-13-30(26-50(36)39)54-34-15-14-33(31-11-6-7-12-32(31)34)42-38(52)43-37-22-35(40(2,3)4)46-51(37)28-23-41-48(24-28)21-20-47-19-17-29(25-47)53-5;2-1-3/h6-7,11-13,16,22-24,26-27,29,33-34H,8-10,14-15,17-21,25H2,1-5H3,(H2,42,43,52);1H,(H,2,3). The molecule has 1 aliphatic carbocycles. The van der Waals surface area contributed by atoms with E-state index in [1.807, 2.05) is 51.8 Å². The predicted octanol–water partition coefficient (Wildman–Crippen LogP) is 5.99. The molecular weight excluding hydrogens is 727 g/mol. The van der Waals surface area contributed by atoms with Crippen molar-refractivity contribution in [2.24, 2.45) is 0 Å². The lowest BCUT2D eigenvalue weighted by molar-refractivity contribution is -0.122. The highest BCUT2D eigenvalue weighted by molar-refractivity contribution is 5.89. The van der Waals surface area contributed by atoms with Gasteiger partial charge in [0.1, 0.15) is 23.4 Å². The topological polar surface area (TPSA) is 169 Å². The average molecular weight is 782 g/mol. The summed E-state index contributed by atoms with van der Waals surface area (Å²) < 4.78 is 18.0. The van der Waals surface area contributed by atoms with Crippen LogP contribution in [0.2, 0.25) is 0 Å². The molecular formula is C41H55N11O5. The van der Waals surface area contributed by atoms with Crippen LogP contribution in [0.5, 0.6) is 5.75 Å². The number of anilines is 2. The quantitative estimate of drug-likeness (QED) is 0.143. The van der Waals surface area contributed by atoms with Gasteiger partial charge in [-0.1, -0.05) is 45.0 Å². The van der Waals surface area contributed by atoms with Gasteiger partial charge < -0.3 is 24.8 Å². The Kier molecular flexibility index (Phi) is 12.1. The van der Waals surface area contributed by atoms with Gasteiger partial charge >= 0.3 is 6.03 Å². The minimum absolute atomic E-state index is 0.159.